The third-order valence-corrected chi connectivity index (χ3v) is 8.87. The number of amides is 1. The van der Waals surface area contributed by atoms with Crippen molar-refractivity contribution < 1.29 is 27.1 Å². The maximum atomic E-state index is 13.5. The van der Waals surface area contributed by atoms with E-state index >= 15 is 0 Å². The van der Waals surface area contributed by atoms with Gasteiger partial charge in [-0.1, -0.05) is 47.5 Å². The number of hydrazone groups is 1. The summed E-state index contributed by atoms with van der Waals surface area (Å²) < 4.78 is 53.0. The van der Waals surface area contributed by atoms with E-state index in [1.54, 1.807) is 48.5 Å². The van der Waals surface area contributed by atoms with Crippen LogP contribution in [0.15, 0.2) is 99.4 Å². The Balaban J connectivity index is 1.47. The molecule has 0 saturated carbocycles. The third-order valence-electron chi connectivity index (χ3n) is 5.75. The lowest BCUT2D eigenvalue weighted by Crippen LogP contribution is -2.39. The van der Waals surface area contributed by atoms with Crippen molar-refractivity contribution in [2.75, 3.05) is 18.0 Å². The molecule has 0 aliphatic heterocycles. The number of ether oxygens (including phenoxy) is 2. The average Bonchev–Trinajstić information content (AvgIpc) is 2.97. The zero-order valence-electron chi connectivity index (χ0n) is 21.9. The molecule has 0 aliphatic carbocycles. The Morgan fingerprint density at radius 2 is 1.74 bits per heavy atom. The van der Waals surface area contributed by atoms with Crippen molar-refractivity contribution in [1.82, 2.24) is 5.43 Å². The Morgan fingerprint density at radius 3 is 2.40 bits per heavy atom. The highest BCUT2D eigenvalue weighted by atomic mass is 79.9. The minimum Gasteiger partial charge on any atom is -0.493 e. The number of nitrogens with one attached hydrogen (secondary N) is 1. The van der Waals surface area contributed by atoms with Crippen LogP contribution in [-0.2, 0) is 21.4 Å². The monoisotopic (exact) mass is 693 g/mol. The third kappa shape index (κ3) is 7.80. The van der Waals surface area contributed by atoms with Crippen LogP contribution >= 0.6 is 39.1 Å². The van der Waals surface area contributed by atoms with Crippen molar-refractivity contribution in [1.29, 1.82) is 0 Å². The van der Waals surface area contributed by atoms with Crippen molar-refractivity contribution in [3.63, 3.8) is 0 Å². The van der Waals surface area contributed by atoms with Gasteiger partial charge in [0.25, 0.3) is 15.9 Å². The van der Waals surface area contributed by atoms with E-state index in [4.69, 9.17) is 32.7 Å². The summed E-state index contributed by atoms with van der Waals surface area (Å²) in [5.74, 6) is -0.431. The van der Waals surface area contributed by atoms with Crippen molar-refractivity contribution in [2.45, 2.75) is 11.5 Å². The van der Waals surface area contributed by atoms with Crippen LogP contribution in [0.3, 0.4) is 0 Å². The first-order valence-electron chi connectivity index (χ1n) is 12.2. The van der Waals surface area contributed by atoms with Crippen LogP contribution < -0.4 is 19.2 Å². The fourth-order valence-corrected chi connectivity index (χ4v) is 6.06. The molecule has 0 heterocycles. The molecule has 13 heteroatoms. The number of hydrogen-bond donors (Lipinski definition) is 1. The van der Waals surface area contributed by atoms with Gasteiger partial charge in [-0.25, -0.2) is 18.2 Å². The second kappa shape index (κ2) is 14.0. The molecule has 0 unspecified atom stereocenters. The zero-order valence-corrected chi connectivity index (χ0v) is 25.8. The Bertz CT molecular complexity index is 1710. The fourth-order valence-electron chi connectivity index (χ4n) is 3.73. The first-order chi connectivity index (χ1) is 20.1. The summed E-state index contributed by atoms with van der Waals surface area (Å²) in [4.78, 5) is 12.8. The van der Waals surface area contributed by atoms with Gasteiger partial charge in [0.2, 0.25) is 0 Å². The lowest BCUT2D eigenvalue weighted by atomic mass is 10.2. The van der Waals surface area contributed by atoms with E-state index in [2.05, 4.69) is 26.5 Å². The van der Waals surface area contributed by atoms with Gasteiger partial charge in [-0.3, -0.25) is 9.10 Å². The molecule has 0 atom stereocenters. The van der Waals surface area contributed by atoms with E-state index < -0.39 is 28.3 Å². The molecule has 4 rings (SSSR count). The Labute approximate surface area is 260 Å². The molecule has 0 aromatic heterocycles. The number of carbonyl (C=O) groups is 1. The highest BCUT2D eigenvalue weighted by molar-refractivity contribution is 9.10. The van der Waals surface area contributed by atoms with Crippen molar-refractivity contribution >= 4 is 67.0 Å². The Morgan fingerprint density at radius 1 is 1.02 bits per heavy atom. The first kappa shape index (κ1) is 31.3. The predicted octanol–water partition coefficient (Wildman–Crippen LogP) is 6.83. The molecular weight excluding hydrogens is 672 g/mol. The highest BCUT2D eigenvalue weighted by Gasteiger charge is 2.27. The number of carbonyl (C=O) groups excluding carboxylic acids is 1. The minimum absolute atomic E-state index is 0.0240. The highest BCUT2D eigenvalue weighted by Crippen LogP contribution is 2.37. The summed E-state index contributed by atoms with van der Waals surface area (Å²) in [6.07, 6.45) is 1.36. The van der Waals surface area contributed by atoms with Crippen molar-refractivity contribution in [2.24, 2.45) is 5.10 Å². The standard InChI is InChI=1S/C29H23BrCl2FN3O5S/c1-40-27-15-20(13-24(30)29(27)41-18-19-7-12-25(31)26(32)14-19)16-34-35-28(37)17-36(22-10-8-21(33)9-11-22)42(38,39)23-5-3-2-4-6-23/h2-16H,17-18H2,1H3,(H,35,37)/b34-16-. The second-order valence-electron chi connectivity index (χ2n) is 8.67. The molecule has 42 heavy (non-hydrogen) atoms. The van der Waals surface area contributed by atoms with Gasteiger partial charge in [-0.15, -0.1) is 0 Å². The maximum absolute atomic E-state index is 13.5. The number of hydrogen-bond acceptors (Lipinski definition) is 6. The number of methoxy groups -OCH3 is 1. The molecule has 0 aliphatic rings. The number of sulfonamides is 1. The molecule has 1 amide bonds. The molecule has 0 radical (unpaired) electrons. The van der Waals surface area contributed by atoms with E-state index in [9.17, 15) is 17.6 Å². The summed E-state index contributed by atoms with van der Waals surface area (Å²) in [5, 5.41) is 4.82. The number of nitrogens with zero attached hydrogens (tertiary/aromatic N) is 2. The van der Waals surface area contributed by atoms with Crippen LogP contribution in [-0.4, -0.2) is 34.2 Å². The number of halogens is 4. The summed E-state index contributed by atoms with van der Waals surface area (Å²) >= 11 is 15.5. The van der Waals surface area contributed by atoms with Gasteiger partial charge in [0.15, 0.2) is 11.5 Å². The van der Waals surface area contributed by atoms with Gasteiger partial charge in [0, 0.05) is 0 Å². The van der Waals surface area contributed by atoms with E-state index in [-0.39, 0.29) is 17.2 Å². The van der Waals surface area contributed by atoms with Crippen LogP contribution in [0.25, 0.3) is 0 Å². The average molecular weight is 695 g/mol. The number of benzene rings is 4. The number of anilines is 1. The van der Waals surface area contributed by atoms with Crippen LogP contribution in [0.4, 0.5) is 10.1 Å². The lowest BCUT2D eigenvalue weighted by Gasteiger charge is -2.23. The van der Waals surface area contributed by atoms with Crippen LogP contribution in [0, 0.1) is 5.82 Å². The molecule has 0 spiro atoms. The maximum Gasteiger partial charge on any atom is 0.264 e. The summed E-state index contributed by atoms with van der Waals surface area (Å²) in [6.45, 7) is -0.402. The molecule has 0 fully saturated rings. The molecule has 4 aromatic rings. The van der Waals surface area contributed by atoms with Crippen LogP contribution in [0.2, 0.25) is 10.0 Å². The molecule has 8 nitrogen and oxygen atoms in total. The van der Waals surface area contributed by atoms with Crippen LogP contribution in [0.5, 0.6) is 11.5 Å². The molecule has 4 aromatic carbocycles. The lowest BCUT2D eigenvalue weighted by molar-refractivity contribution is -0.119. The topological polar surface area (TPSA) is 97.3 Å². The normalized spacial score (nSPS) is 11.4. The number of rotatable bonds is 11. The summed E-state index contributed by atoms with van der Waals surface area (Å²) in [6, 6.07) is 20.9. The quantitative estimate of drug-likeness (QED) is 0.137. The van der Waals surface area contributed by atoms with Crippen molar-refractivity contribution in [3.8, 4) is 11.5 Å². The Kier molecular flexibility index (Phi) is 10.4. The van der Waals surface area contributed by atoms with Gasteiger partial charge < -0.3 is 9.47 Å². The molecule has 1 N–H and O–H groups in total. The predicted molar refractivity (Wildman–Crippen MR) is 165 cm³/mol. The van der Waals surface area contributed by atoms with Crippen LogP contribution in [0.1, 0.15) is 11.1 Å². The molecule has 218 valence electrons. The molecule has 0 saturated heterocycles. The largest absolute Gasteiger partial charge is 0.493 e. The van der Waals surface area contributed by atoms with E-state index in [0.717, 1.165) is 22.0 Å². The molecule has 0 bridgehead atoms. The smallest absolute Gasteiger partial charge is 0.264 e. The Hall–Kier alpha value is -3.64. The van der Waals surface area contributed by atoms with Crippen molar-refractivity contribution in [3.05, 3.63) is 116 Å². The SMILES string of the molecule is COc1cc(/C=N\NC(=O)CN(c2ccc(F)cc2)S(=O)(=O)c2ccccc2)cc(Br)c1OCc1ccc(Cl)c(Cl)c1. The zero-order chi connectivity index (χ0) is 30.3. The molecular formula is C29H23BrCl2FN3O5S. The summed E-state index contributed by atoms with van der Waals surface area (Å²) in [7, 11) is -2.66. The van der Waals surface area contributed by atoms with Gasteiger partial charge in [-0.2, -0.15) is 5.10 Å². The van der Waals surface area contributed by atoms with Gasteiger partial charge in [0.1, 0.15) is 19.0 Å². The first-order valence-corrected chi connectivity index (χ1v) is 15.2. The van der Waals surface area contributed by atoms with Gasteiger partial charge in [-0.05, 0) is 87.7 Å². The van der Waals surface area contributed by atoms with Gasteiger partial charge in [0.05, 0.1) is 38.4 Å². The second-order valence-corrected chi connectivity index (χ2v) is 12.2. The van der Waals surface area contributed by atoms with Gasteiger partial charge >= 0.3 is 0 Å². The minimum atomic E-state index is -4.14. The summed E-state index contributed by atoms with van der Waals surface area (Å²) in [5.41, 5.74) is 3.80. The van der Waals surface area contributed by atoms with E-state index in [1.165, 1.54) is 37.6 Å². The van der Waals surface area contributed by atoms with E-state index in [1.807, 2.05) is 0 Å². The van der Waals surface area contributed by atoms with E-state index in [0.29, 0.717) is 31.6 Å². The fraction of sp³-hybridized carbons (Fsp3) is 0.103.